The first-order valence-electron chi connectivity index (χ1n) is 10.5. The van der Waals surface area contributed by atoms with Crippen LogP contribution in [0, 0.1) is 5.92 Å². The Bertz CT molecular complexity index is 741. The van der Waals surface area contributed by atoms with Crippen LogP contribution in [-0.2, 0) is 10.3 Å². The van der Waals surface area contributed by atoms with Crippen LogP contribution in [-0.4, -0.2) is 22.6 Å². The molecule has 0 bridgehead atoms. The predicted molar refractivity (Wildman–Crippen MR) is 114 cm³/mol. The van der Waals surface area contributed by atoms with Crippen molar-refractivity contribution in [1.29, 1.82) is 0 Å². The molecule has 0 aliphatic carbocycles. The molecule has 1 atom stereocenters. The van der Waals surface area contributed by atoms with E-state index in [9.17, 15) is 4.79 Å². The van der Waals surface area contributed by atoms with Gasteiger partial charge in [0.1, 0.15) is 0 Å². The maximum atomic E-state index is 13.4. The van der Waals surface area contributed by atoms with E-state index in [1.807, 2.05) is 41.3 Å². The highest BCUT2D eigenvalue weighted by molar-refractivity contribution is 5.74. The number of hydrogen-bond donors (Lipinski definition) is 0. The second kappa shape index (κ2) is 7.98. The van der Waals surface area contributed by atoms with Crippen molar-refractivity contribution in [3.05, 3.63) is 71.8 Å². The molecule has 2 aromatic rings. The zero-order valence-electron chi connectivity index (χ0n) is 17.8. The average Bonchev–Trinajstić information content (AvgIpc) is 3.01. The Labute approximate surface area is 169 Å². The van der Waals surface area contributed by atoms with E-state index < -0.39 is 5.60 Å². The van der Waals surface area contributed by atoms with E-state index in [2.05, 4.69) is 58.9 Å². The van der Waals surface area contributed by atoms with Crippen LogP contribution in [0.15, 0.2) is 60.7 Å². The lowest BCUT2D eigenvalue weighted by molar-refractivity contribution is 0.0534. The first-order valence-corrected chi connectivity index (χ1v) is 10.5. The normalized spacial score (nSPS) is 19.1. The molecule has 1 aliphatic heterocycles. The van der Waals surface area contributed by atoms with Crippen LogP contribution >= 0.6 is 0 Å². The Kier molecular flexibility index (Phi) is 5.83. The van der Waals surface area contributed by atoms with Crippen molar-refractivity contribution >= 4 is 6.09 Å². The van der Waals surface area contributed by atoms with Gasteiger partial charge in [-0.05, 0) is 32.1 Å². The van der Waals surface area contributed by atoms with E-state index in [1.165, 1.54) is 0 Å². The third-order valence-corrected chi connectivity index (χ3v) is 6.43. The first kappa shape index (κ1) is 20.4. The number of amides is 1. The summed E-state index contributed by atoms with van der Waals surface area (Å²) in [4.78, 5) is 15.4. The number of benzene rings is 2. The molecule has 2 aromatic carbocycles. The van der Waals surface area contributed by atoms with Gasteiger partial charge in [-0.3, -0.25) is 4.90 Å². The molecule has 3 rings (SSSR count). The number of carbonyl (C=O) groups is 1. The van der Waals surface area contributed by atoms with E-state index >= 15 is 0 Å². The van der Waals surface area contributed by atoms with Gasteiger partial charge in [0, 0.05) is 16.7 Å². The zero-order chi connectivity index (χ0) is 20.4. The molecular weight excluding hydrogens is 346 g/mol. The number of ether oxygens (including phenoxy) is 1. The molecule has 1 amide bonds. The van der Waals surface area contributed by atoms with Gasteiger partial charge in [-0.1, -0.05) is 88.4 Å². The topological polar surface area (TPSA) is 29.5 Å². The third kappa shape index (κ3) is 3.32. The van der Waals surface area contributed by atoms with Crippen LogP contribution in [0.1, 0.15) is 65.0 Å². The molecule has 0 spiro atoms. The van der Waals surface area contributed by atoms with Gasteiger partial charge < -0.3 is 4.74 Å². The fourth-order valence-corrected chi connectivity index (χ4v) is 4.51. The quantitative estimate of drug-likeness (QED) is 0.559. The standard InChI is InChI=1S/C25H33NO2/c1-6-24(5,7-2)26-22(18-19(3)4)25(28-23(26)27,20-14-10-8-11-15-20)21-16-12-9-13-17-21/h8-17,19,22H,6-7,18H2,1-5H3. The van der Waals surface area contributed by atoms with E-state index in [-0.39, 0.29) is 17.7 Å². The van der Waals surface area contributed by atoms with Crippen LogP contribution < -0.4 is 0 Å². The summed E-state index contributed by atoms with van der Waals surface area (Å²) in [5.74, 6) is 0.437. The number of hydrogen-bond acceptors (Lipinski definition) is 2. The van der Waals surface area contributed by atoms with E-state index in [1.54, 1.807) is 0 Å². The maximum Gasteiger partial charge on any atom is 0.411 e. The lowest BCUT2D eigenvalue weighted by atomic mass is 9.75. The van der Waals surface area contributed by atoms with Crippen molar-refractivity contribution in [2.75, 3.05) is 0 Å². The molecule has 0 radical (unpaired) electrons. The van der Waals surface area contributed by atoms with Crippen LogP contribution in [0.2, 0.25) is 0 Å². The molecule has 150 valence electrons. The second-order valence-electron chi connectivity index (χ2n) is 8.56. The predicted octanol–water partition coefficient (Wildman–Crippen LogP) is 6.38. The number of rotatable bonds is 7. The van der Waals surface area contributed by atoms with Crippen LogP contribution in [0.25, 0.3) is 0 Å². The van der Waals surface area contributed by atoms with Gasteiger partial charge in [0.15, 0.2) is 5.60 Å². The highest BCUT2D eigenvalue weighted by Gasteiger charge is 2.59. The third-order valence-electron chi connectivity index (χ3n) is 6.43. The van der Waals surface area contributed by atoms with Gasteiger partial charge in [0.25, 0.3) is 0 Å². The summed E-state index contributed by atoms with van der Waals surface area (Å²) in [6.45, 7) is 10.9. The van der Waals surface area contributed by atoms with Crippen LogP contribution in [0.5, 0.6) is 0 Å². The summed E-state index contributed by atoms with van der Waals surface area (Å²) < 4.78 is 6.38. The molecule has 1 heterocycles. The lowest BCUT2D eigenvalue weighted by Gasteiger charge is -2.43. The Morgan fingerprint density at radius 1 is 0.964 bits per heavy atom. The molecule has 0 saturated carbocycles. The fourth-order valence-electron chi connectivity index (χ4n) is 4.51. The van der Waals surface area contributed by atoms with Crippen LogP contribution in [0.3, 0.4) is 0 Å². The fraction of sp³-hybridized carbons (Fsp3) is 0.480. The van der Waals surface area contributed by atoms with Gasteiger partial charge in [-0.15, -0.1) is 0 Å². The average molecular weight is 380 g/mol. The van der Waals surface area contributed by atoms with Crippen molar-refractivity contribution in [2.24, 2.45) is 5.92 Å². The number of nitrogens with zero attached hydrogens (tertiary/aromatic N) is 1. The molecule has 3 nitrogen and oxygen atoms in total. The highest BCUT2D eigenvalue weighted by atomic mass is 16.6. The van der Waals surface area contributed by atoms with Gasteiger partial charge in [-0.25, -0.2) is 4.79 Å². The highest BCUT2D eigenvalue weighted by Crippen LogP contribution is 2.49. The van der Waals surface area contributed by atoms with Crippen LogP contribution in [0.4, 0.5) is 4.79 Å². The Morgan fingerprint density at radius 3 is 1.82 bits per heavy atom. The van der Waals surface area contributed by atoms with Crippen molar-refractivity contribution in [3.8, 4) is 0 Å². The summed E-state index contributed by atoms with van der Waals surface area (Å²) in [5.41, 5.74) is 1.05. The van der Waals surface area contributed by atoms with Crippen molar-refractivity contribution in [3.63, 3.8) is 0 Å². The molecule has 1 aliphatic rings. The summed E-state index contributed by atoms with van der Waals surface area (Å²) in [6.07, 6.45) is 2.47. The minimum absolute atomic E-state index is 0.0605. The monoisotopic (exact) mass is 379 g/mol. The summed E-state index contributed by atoms with van der Waals surface area (Å²) in [6, 6.07) is 20.4. The maximum absolute atomic E-state index is 13.4. The first-order chi connectivity index (χ1) is 13.4. The molecule has 1 saturated heterocycles. The second-order valence-corrected chi connectivity index (χ2v) is 8.56. The van der Waals surface area contributed by atoms with E-state index in [0.29, 0.717) is 5.92 Å². The number of carbonyl (C=O) groups excluding carboxylic acids is 1. The Balaban J connectivity index is 2.27. The van der Waals surface area contributed by atoms with Gasteiger partial charge in [0.05, 0.1) is 6.04 Å². The Hall–Kier alpha value is -2.29. The summed E-state index contributed by atoms with van der Waals surface area (Å²) >= 11 is 0. The lowest BCUT2D eigenvalue weighted by Crippen LogP contribution is -2.54. The molecule has 1 fully saturated rings. The number of cyclic esters (lactones) is 1. The smallest absolute Gasteiger partial charge is 0.411 e. The summed E-state index contributed by atoms with van der Waals surface area (Å²) in [5, 5.41) is 0. The minimum Gasteiger partial charge on any atom is -0.431 e. The van der Waals surface area contributed by atoms with Crippen molar-refractivity contribution in [1.82, 2.24) is 4.90 Å². The minimum atomic E-state index is -0.796. The molecule has 1 unspecified atom stereocenters. The molecule has 3 heteroatoms. The van der Waals surface area contributed by atoms with Gasteiger partial charge in [0.2, 0.25) is 0 Å². The van der Waals surface area contributed by atoms with Crippen molar-refractivity contribution < 1.29 is 9.53 Å². The molecule has 28 heavy (non-hydrogen) atoms. The molecular formula is C25H33NO2. The van der Waals surface area contributed by atoms with E-state index in [4.69, 9.17) is 4.74 Å². The van der Waals surface area contributed by atoms with Gasteiger partial charge in [-0.2, -0.15) is 0 Å². The molecule has 0 aromatic heterocycles. The Morgan fingerprint density at radius 2 is 1.43 bits per heavy atom. The van der Waals surface area contributed by atoms with Gasteiger partial charge >= 0.3 is 6.09 Å². The van der Waals surface area contributed by atoms with E-state index in [0.717, 1.165) is 30.4 Å². The largest absolute Gasteiger partial charge is 0.431 e. The van der Waals surface area contributed by atoms with Crippen molar-refractivity contribution in [2.45, 2.75) is 71.1 Å². The zero-order valence-corrected chi connectivity index (χ0v) is 17.8. The molecule has 0 N–H and O–H groups in total. The SMILES string of the molecule is CCC(C)(CC)N1C(=O)OC(c2ccccc2)(c2ccccc2)C1CC(C)C. The summed E-state index contributed by atoms with van der Waals surface area (Å²) in [7, 11) is 0.